The summed E-state index contributed by atoms with van der Waals surface area (Å²) in [5.74, 6) is 0.759. The van der Waals surface area contributed by atoms with Crippen LogP contribution in [0.2, 0.25) is 0 Å². The predicted molar refractivity (Wildman–Crippen MR) is 50.6 cm³/mol. The number of rotatable bonds is 1. The zero-order chi connectivity index (χ0) is 8.48. The maximum absolute atomic E-state index is 2.44. The first-order valence-corrected chi connectivity index (χ1v) is 4.70. The molecule has 0 radical (unpaired) electrons. The van der Waals surface area contributed by atoms with Crippen molar-refractivity contribution >= 4 is 0 Å². The summed E-state index contributed by atoms with van der Waals surface area (Å²) in [5.41, 5.74) is 2.23. The Morgan fingerprint density at radius 2 is 2.00 bits per heavy atom. The van der Waals surface area contributed by atoms with Gasteiger partial charge in [0.25, 0.3) is 0 Å². The van der Waals surface area contributed by atoms with Gasteiger partial charge in [0.05, 0.1) is 0 Å². The van der Waals surface area contributed by atoms with Gasteiger partial charge in [-0.2, -0.15) is 0 Å². The molecular formula is C11H20. The van der Waals surface area contributed by atoms with Crippen molar-refractivity contribution in [1.29, 1.82) is 0 Å². The molecule has 0 fully saturated rings. The third-order valence-corrected chi connectivity index (χ3v) is 2.65. The van der Waals surface area contributed by atoms with E-state index in [0.717, 1.165) is 5.92 Å². The first-order valence-electron chi connectivity index (χ1n) is 4.70. The molecule has 0 spiro atoms. The first kappa shape index (κ1) is 8.83. The average molecular weight is 152 g/mol. The molecule has 1 aliphatic carbocycles. The molecular weight excluding hydrogens is 132 g/mol. The first-order chi connectivity index (χ1) is 5.01. The molecule has 0 unspecified atom stereocenters. The van der Waals surface area contributed by atoms with Crippen LogP contribution in [0.4, 0.5) is 0 Å². The lowest BCUT2D eigenvalue weighted by Gasteiger charge is -2.31. The highest BCUT2D eigenvalue weighted by molar-refractivity contribution is 5.11. The molecule has 1 aliphatic rings. The molecule has 0 heterocycles. The molecule has 0 saturated carbocycles. The predicted octanol–water partition coefficient (Wildman–Crippen LogP) is 3.78. The summed E-state index contributed by atoms with van der Waals surface area (Å²) in [6.07, 6.45) is 6.41. The van der Waals surface area contributed by atoms with Crippen molar-refractivity contribution in [1.82, 2.24) is 0 Å². The SMILES string of the molecule is CC(C)C1=CCCC(C)(C)C1. The van der Waals surface area contributed by atoms with E-state index in [1.165, 1.54) is 19.3 Å². The molecule has 0 heteroatoms. The summed E-state index contributed by atoms with van der Waals surface area (Å²) in [6.45, 7) is 9.35. The zero-order valence-electron chi connectivity index (χ0n) is 8.28. The molecule has 0 amide bonds. The third-order valence-electron chi connectivity index (χ3n) is 2.65. The Bertz CT molecular complexity index is 161. The Morgan fingerprint density at radius 1 is 1.36 bits per heavy atom. The van der Waals surface area contributed by atoms with Gasteiger partial charge < -0.3 is 0 Å². The van der Waals surface area contributed by atoms with Gasteiger partial charge in [0.15, 0.2) is 0 Å². The Kier molecular flexibility index (Phi) is 2.41. The van der Waals surface area contributed by atoms with Crippen LogP contribution in [0.1, 0.15) is 47.0 Å². The lowest BCUT2D eigenvalue weighted by molar-refractivity contribution is 0.309. The average Bonchev–Trinajstić information content (AvgIpc) is 1.85. The molecule has 0 bridgehead atoms. The second-order valence-corrected chi connectivity index (χ2v) is 4.81. The summed E-state index contributed by atoms with van der Waals surface area (Å²) in [5, 5.41) is 0. The quantitative estimate of drug-likeness (QED) is 0.502. The second-order valence-electron chi connectivity index (χ2n) is 4.81. The van der Waals surface area contributed by atoms with Gasteiger partial charge >= 0.3 is 0 Å². The molecule has 0 atom stereocenters. The smallest absolute Gasteiger partial charge is 0.0260 e. The fourth-order valence-electron chi connectivity index (χ4n) is 1.80. The van der Waals surface area contributed by atoms with Crippen LogP contribution in [0.25, 0.3) is 0 Å². The third kappa shape index (κ3) is 2.36. The Hall–Kier alpha value is -0.260. The van der Waals surface area contributed by atoms with Crippen LogP contribution in [-0.2, 0) is 0 Å². The van der Waals surface area contributed by atoms with E-state index >= 15 is 0 Å². The van der Waals surface area contributed by atoms with Crippen LogP contribution in [0.5, 0.6) is 0 Å². The molecule has 0 nitrogen and oxygen atoms in total. The number of hydrogen-bond acceptors (Lipinski definition) is 0. The van der Waals surface area contributed by atoms with Crippen LogP contribution < -0.4 is 0 Å². The van der Waals surface area contributed by atoms with E-state index in [-0.39, 0.29) is 0 Å². The Balaban J connectivity index is 2.63. The van der Waals surface area contributed by atoms with E-state index in [4.69, 9.17) is 0 Å². The molecule has 0 saturated heterocycles. The van der Waals surface area contributed by atoms with Gasteiger partial charge in [-0.05, 0) is 30.6 Å². The summed E-state index contributed by atoms with van der Waals surface area (Å²) >= 11 is 0. The summed E-state index contributed by atoms with van der Waals surface area (Å²) in [6, 6.07) is 0. The van der Waals surface area contributed by atoms with Crippen molar-refractivity contribution in [3.8, 4) is 0 Å². The van der Waals surface area contributed by atoms with Gasteiger partial charge in [-0.25, -0.2) is 0 Å². The van der Waals surface area contributed by atoms with Crippen LogP contribution in [-0.4, -0.2) is 0 Å². The second kappa shape index (κ2) is 3.00. The Labute approximate surface area is 70.7 Å². The van der Waals surface area contributed by atoms with E-state index in [1.807, 2.05) is 0 Å². The van der Waals surface area contributed by atoms with Crippen molar-refractivity contribution in [3.63, 3.8) is 0 Å². The zero-order valence-corrected chi connectivity index (χ0v) is 8.28. The standard InChI is InChI=1S/C11H20/c1-9(2)10-6-5-7-11(3,4)8-10/h6,9H,5,7-8H2,1-4H3. The fourth-order valence-corrected chi connectivity index (χ4v) is 1.80. The fraction of sp³-hybridized carbons (Fsp3) is 0.818. The van der Waals surface area contributed by atoms with E-state index in [0.29, 0.717) is 5.41 Å². The number of allylic oxidation sites excluding steroid dienone is 2. The monoisotopic (exact) mass is 152 g/mol. The summed E-state index contributed by atoms with van der Waals surface area (Å²) in [4.78, 5) is 0. The van der Waals surface area contributed by atoms with Crippen LogP contribution in [0.3, 0.4) is 0 Å². The normalized spacial score (nSPS) is 23.5. The van der Waals surface area contributed by atoms with Gasteiger partial charge in [0, 0.05) is 0 Å². The minimum Gasteiger partial charge on any atom is -0.0850 e. The highest BCUT2D eigenvalue weighted by Gasteiger charge is 2.23. The van der Waals surface area contributed by atoms with Crippen molar-refractivity contribution in [2.24, 2.45) is 11.3 Å². The van der Waals surface area contributed by atoms with Gasteiger partial charge in [-0.3, -0.25) is 0 Å². The van der Waals surface area contributed by atoms with Gasteiger partial charge in [0.2, 0.25) is 0 Å². The van der Waals surface area contributed by atoms with Crippen LogP contribution >= 0.6 is 0 Å². The van der Waals surface area contributed by atoms with Crippen LogP contribution in [0, 0.1) is 11.3 Å². The Morgan fingerprint density at radius 3 is 2.36 bits per heavy atom. The number of hydrogen-bond donors (Lipinski definition) is 0. The van der Waals surface area contributed by atoms with Crippen molar-refractivity contribution in [2.45, 2.75) is 47.0 Å². The molecule has 0 aromatic rings. The van der Waals surface area contributed by atoms with Crippen molar-refractivity contribution in [2.75, 3.05) is 0 Å². The van der Waals surface area contributed by atoms with E-state index in [1.54, 1.807) is 5.57 Å². The molecule has 11 heavy (non-hydrogen) atoms. The van der Waals surface area contributed by atoms with Gasteiger partial charge in [-0.1, -0.05) is 39.3 Å². The summed E-state index contributed by atoms with van der Waals surface area (Å²) < 4.78 is 0. The van der Waals surface area contributed by atoms with E-state index < -0.39 is 0 Å². The maximum atomic E-state index is 2.44. The van der Waals surface area contributed by atoms with Crippen molar-refractivity contribution < 1.29 is 0 Å². The molecule has 0 aromatic carbocycles. The maximum Gasteiger partial charge on any atom is -0.0260 e. The van der Waals surface area contributed by atoms with E-state index in [2.05, 4.69) is 33.8 Å². The molecule has 0 aliphatic heterocycles. The summed E-state index contributed by atoms with van der Waals surface area (Å²) in [7, 11) is 0. The van der Waals surface area contributed by atoms with E-state index in [9.17, 15) is 0 Å². The topological polar surface area (TPSA) is 0 Å². The molecule has 0 aromatic heterocycles. The highest BCUT2D eigenvalue weighted by Crippen LogP contribution is 2.37. The minimum absolute atomic E-state index is 0.564. The largest absolute Gasteiger partial charge is 0.0850 e. The van der Waals surface area contributed by atoms with Gasteiger partial charge in [-0.15, -0.1) is 0 Å². The lowest BCUT2D eigenvalue weighted by atomic mass is 9.75. The van der Waals surface area contributed by atoms with Crippen LogP contribution in [0.15, 0.2) is 11.6 Å². The van der Waals surface area contributed by atoms with Crippen molar-refractivity contribution in [3.05, 3.63) is 11.6 Å². The molecule has 64 valence electrons. The molecule has 1 rings (SSSR count). The molecule has 0 N–H and O–H groups in total. The highest BCUT2D eigenvalue weighted by atomic mass is 14.3. The minimum atomic E-state index is 0.564. The lowest BCUT2D eigenvalue weighted by Crippen LogP contribution is -2.17. The van der Waals surface area contributed by atoms with Gasteiger partial charge in [0.1, 0.15) is 0 Å².